The highest BCUT2D eigenvalue weighted by Crippen LogP contribution is 2.49. The van der Waals surface area contributed by atoms with E-state index >= 15 is 13.2 Å². The fourth-order valence-electron chi connectivity index (χ4n) is 9.30. The maximum atomic E-state index is 15.1. The van der Waals surface area contributed by atoms with Gasteiger partial charge in [0.15, 0.2) is 0 Å². The molecule has 0 amide bonds. The van der Waals surface area contributed by atoms with Gasteiger partial charge in [-0.25, -0.2) is 0 Å². The molecule has 0 bridgehead atoms. The lowest BCUT2D eigenvalue weighted by atomic mass is 9.94. The summed E-state index contributed by atoms with van der Waals surface area (Å²) in [6.45, 7) is 0. The van der Waals surface area contributed by atoms with Crippen LogP contribution in [0.3, 0.4) is 0 Å². The number of alkyl halides is 3. The number of benzene rings is 8. The molecule has 0 aliphatic rings. The number of para-hydroxylation sites is 2. The molecule has 12 aromatic rings. The van der Waals surface area contributed by atoms with Gasteiger partial charge >= 0.3 is 6.18 Å². The lowest BCUT2D eigenvalue weighted by molar-refractivity contribution is -0.137. The summed E-state index contributed by atoms with van der Waals surface area (Å²) in [6.07, 6.45) is -4.64. The van der Waals surface area contributed by atoms with Gasteiger partial charge in [0.25, 0.3) is 0 Å². The molecule has 12 rings (SSSR count). The molecule has 0 radical (unpaired) electrons. The van der Waals surface area contributed by atoms with Crippen LogP contribution >= 0.6 is 22.7 Å². The first-order valence-electron chi connectivity index (χ1n) is 18.8. The topological polar surface area (TPSA) is 33.6 Å². The van der Waals surface area contributed by atoms with E-state index in [1.54, 1.807) is 34.8 Å². The number of aromatic nitrogens is 2. The maximum absolute atomic E-state index is 15.1. The minimum Gasteiger partial charge on any atom is -0.307 e. The third kappa shape index (κ3) is 4.48. The molecular formula is C50H26F3N3S2. The number of fused-ring (bicyclic) bond motifs is 14. The van der Waals surface area contributed by atoms with Gasteiger partial charge in [-0.05, 0) is 54.1 Å². The minimum absolute atomic E-state index is 0.00905. The van der Waals surface area contributed by atoms with E-state index in [0.717, 1.165) is 90.0 Å². The Hall–Kier alpha value is -6.92. The average Bonchev–Trinajstić information content (AvgIpc) is 4.00. The molecular weight excluding hydrogens is 764 g/mol. The number of rotatable bonds is 3. The van der Waals surface area contributed by atoms with Crippen molar-refractivity contribution < 1.29 is 13.2 Å². The average molecular weight is 790 g/mol. The molecule has 0 aliphatic carbocycles. The van der Waals surface area contributed by atoms with Gasteiger partial charge in [-0.1, -0.05) is 109 Å². The molecule has 0 aliphatic heterocycles. The lowest BCUT2D eigenvalue weighted by Crippen LogP contribution is -2.10. The van der Waals surface area contributed by atoms with Gasteiger partial charge < -0.3 is 9.13 Å². The summed E-state index contributed by atoms with van der Waals surface area (Å²) in [5.74, 6) is 0. The van der Waals surface area contributed by atoms with E-state index in [1.165, 1.54) is 12.1 Å². The van der Waals surface area contributed by atoms with E-state index in [2.05, 4.69) is 81.9 Å². The normalized spacial score (nSPS) is 12.4. The molecule has 0 spiro atoms. The lowest BCUT2D eigenvalue weighted by Gasteiger charge is -2.22. The molecule has 4 aromatic heterocycles. The van der Waals surface area contributed by atoms with Crippen LogP contribution in [0.15, 0.2) is 158 Å². The van der Waals surface area contributed by atoms with Gasteiger partial charge in [0.2, 0.25) is 0 Å². The summed E-state index contributed by atoms with van der Waals surface area (Å²) in [5, 5.41) is 19.9. The van der Waals surface area contributed by atoms with Crippen molar-refractivity contribution in [2.45, 2.75) is 6.18 Å². The number of hydrogen-bond donors (Lipinski definition) is 0. The van der Waals surface area contributed by atoms with Crippen LogP contribution in [0.5, 0.6) is 0 Å². The van der Waals surface area contributed by atoms with Crippen molar-refractivity contribution in [2.75, 3.05) is 0 Å². The largest absolute Gasteiger partial charge is 0.417 e. The van der Waals surface area contributed by atoms with E-state index in [0.29, 0.717) is 16.9 Å². The Bertz CT molecular complexity index is 3760. The number of nitrogens with zero attached hydrogens (tertiary/aromatic N) is 3. The van der Waals surface area contributed by atoms with Crippen LogP contribution < -0.4 is 0 Å². The molecule has 0 unspecified atom stereocenters. The van der Waals surface area contributed by atoms with E-state index < -0.39 is 11.7 Å². The van der Waals surface area contributed by atoms with E-state index in [1.807, 2.05) is 60.7 Å². The summed E-state index contributed by atoms with van der Waals surface area (Å²) in [5.41, 5.74) is 4.34. The summed E-state index contributed by atoms with van der Waals surface area (Å²) in [6, 6.07) is 53.3. The third-order valence-electron chi connectivity index (χ3n) is 11.6. The number of thiophene rings is 2. The molecule has 3 nitrogen and oxygen atoms in total. The number of nitriles is 1. The second-order valence-electron chi connectivity index (χ2n) is 14.6. The molecule has 58 heavy (non-hydrogen) atoms. The highest BCUT2D eigenvalue weighted by Gasteiger charge is 2.35. The van der Waals surface area contributed by atoms with Gasteiger partial charge in [-0.3, -0.25) is 0 Å². The molecule has 0 N–H and O–H groups in total. The molecule has 4 heterocycles. The highest BCUT2D eigenvalue weighted by molar-refractivity contribution is 7.26. The van der Waals surface area contributed by atoms with Crippen LogP contribution in [0.2, 0.25) is 0 Å². The van der Waals surface area contributed by atoms with Crippen LogP contribution in [0.1, 0.15) is 11.1 Å². The Kier molecular flexibility index (Phi) is 6.90. The fraction of sp³-hybridized carbons (Fsp3) is 0.0200. The van der Waals surface area contributed by atoms with E-state index in [4.69, 9.17) is 0 Å². The summed E-state index contributed by atoms with van der Waals surface area (Å²) >= 11 is 3.41. The van der Waals surface area contributed by atoms with Crippen LogP contribution in [0.4, 0.5) is 13.2 Å². The Morgan fingerprint density at radius 1 is 0.448 bits per heavy atom. The number of halogens is 3. The van der Waals surface area contributed by atoms with Gasteiger partial charge in [-0.15, -0.1) is 22.7 Å². The van der Waals surface area contributed by atoms with Gasteiger partial charge in [0.1, 0.15) is 11.6 Å². The standard InChI is InChI=1S/C50H26F3N3S2/c51-50(52,53)37-16-6-1-11-28(37)31-21-24-40(55-38-17-7-2-12-29(38)32-22-25-43-45(48(32)55)34-14-4-9-19-41(34)57-43)36(27-54)47(31)56-39-18-8-3-13-30(39)33-23-26-44-46(49(33)56)35-15-5-10-20-42(35)58-44/h1-26H. The van der Waals surface area contributed by atoms with Gasteiger partial charge in [0.05, 0.1) is 39.0 Å². The zero-order valence-electron chi connectivity index (χ0n) is 30.3. The SMILES string of the molecule is N#Cc1c(-n2c3ccccc3c3ccc4sc5ccccc5c4c32)ccc(-c2ccccc2C(F)(F)F)c1-n1c2ccccc2c2ccc3sc4ccccc4c3c21. The molecule has 8 heteroatoms. The van der Waals surface area contributed by atoms with Crippen LogP contribution in [-0.4, -0.2) is 9.13 Å². The van der Waals surface area contributed by atoms with E-state index in [-0.39, 0.29) is 11.1 Å². The van der Waals surface area contributed by atoms with E-state index in [9.17, 15) is 5.26 Å². The van der Waals surface area contributed by atoms with Crippen molar-refractivity contribution in [3.63, 3.8) is 0 Å². The quantitative estimate of drug-likeness (QED) is 0.175. The van der Waals surface area contributed by atoms with Gasteiger partial charge in [-0.2, -0.15) is 18.4 Å². The maximum Gasteiger partial charge on any atom is 0.417 e. The Labute approximate surface area is 336 Å². The fourth-order valence-corrected chi connectivity index (χ4v) is 11.5. The van der Waals surface area contributed by atoms with Gasteiger partial charge in [0, 0.05) is 67.5 Å². The Morgan fingerprint density at radius 3 is 1.53 bits per heavy atom. The molecule has 0 fully saturated rings. The van der Waals surface area contributed by atoms with Crippen molar-refractivity contribution in [3.05, 3.63) is 169 Å². The predicted octanol–water partition coefficient (Wildman–Crippen LogP) is 15.2. The molecule has 0 saturated carbocycles. The molecule has 8 aromatic carbocycles. The zero-order chi connectivity index (χ0) is 38.9. The first-order chi connectivity index (χ1) is 28.4. The van der Waals surface area contributed by atoms with Crippen LogP contribution in [0.25, 0.3) is 106 Å². The first-order valence-corrected chi connectivity index (χ1v) is 20.5. The highest BCUT2D eigenvalue weighted by atomic mass is 32.1. The predicted molar refractivity (Wildman–Crippen MR) is 236 cm³/mol. The van der Waals surface area contributed by atoms with Crippen LogP contribution in [0, 0.1) is 11.3 Å². The van der Waals surface area contributed by atoms with Crippen molar-refractivity contribution in [2.24, 2.45) is 0 Å². The minimum atomic E-state index is -4.64. The van der Waals surface area contributed by atoms with Crippen molar-refractivity contribution >= 4 is 107 Å². The molecule has 0 saturated heterocycles. The summed E-state index contributed by atoms with van der Waals surface area (Å²) < 4.78 is 53.8. The monoisotopic (exact) mass is 789 g/mol. The third-order valence-corrected chi connectivity index (χ3v) is 13.9. The van der Waals surface area contributed by atoms with Crippen molar-refractivity contribution in [1.82, 2.24) is 9.13 Å². The first kappa shape index (κ1) is 33.2. The Morgan fingerprint density at radius 2 is 0.948 bits per heavy atom. The zero-order valence-corrected chi connectivity index (χ0v) is 31.9. The van der Waals surface area contributed by atoms with Crippen molar-refractivity contribution in [3.8, 4) is 28.6 Å². The molecule has 274 valence electrons. The number of hydrogen-bond acceptors (Lipinski definition) is 3. The second-order valence-corrected chi connectivity index (χ2v) is 16.7. The summed E-state index contributed by atoms with van der Waals surface area (Å²) in [7, 11) is 0. The summed E-state index contributed by atoms with van der Waals surface area (Å²) in [4.78, 5) is 0. The smallest absolute Gasteiger partial charge is 0.307 e. The Balaban J connectivity index is 1.33. The van der Waals surface area contributed by atoms with Crippen LogP contribution in [-0.2, 0) is 6.18 Å². The second kappa shape index (κ2) is 12.0. The van der Waals surface area contributed by atoms with Crippen molar-refractivity contribution in [1.29, 1.82) is 5.26 Å². The molecule has 0 atom stereocenters.